The van der Waals surface area contributed by atoms with Gasteiger partial charge in [0.25, 0.3) is 0 Å². The van der Waals surface area contributed by atoms with Gasteiger partial charge >= 0.3 is 5.97 Å². The van der Waals surface area contributed by atoms with Crippen molar-refractivity contribution in [3.05, 3.63) is 11.6 Å². The lowest BCUT2D eigenvalue weighted by Gasteiger charge is -2.50. The number of ether oxygens (including phenoxy) is 1. The van der Waals surface area contributed by atoms with Gasteiger partial charge in [-0.15, -0.1) is 0 Å². The zero-order chi connectivity index (χ0) is 11.1. The highest BCUT2D eigenvalue weighted by atomic mass is 16.6. The average molecular weight is 209 g/mol. The Kier molecular flexibility index (Phi) is 2.59. The molecule has 2 rings (SSSR count). The molecule has 0 heterocycles. The van der Waals surface area contributed by atoms with Crippen molar-refractivity contribution < 1.29 is 9.53 Å². The van der Waals surface area contributed by atoms with Crippen molar-refractivity contribution in [2.45, 2.75) is 38.7 Å². The van der Waals surface area contributed by atoms with E-state index >= 15 is 0 Å². The molecule has 3 nitrogen and oxygen atoms in total. The van der Waals surface area contributed by atoms with Crippen molar-refractivity contribution in [1.82, 2.24) is 0 Å². The predicted octanol–water partition coefficient (Wildman–Crippen LogP) is 1.62. The summed E-state index contributed by atoms with van der Waals surface area (Å²) >= 11 is 0. The molecule has 15 heavy (non-hydrogen) atoms. The molecule has 2 aliphatic carbocycles. The number of rotatable bonds is 3. The SMILES string of the molecule is CCC1=C[C@@H]2[C@H](C1)C[C@]2(CN)OC(C)=O. The first-order valence-corrected chi connectivity index (χ1v) is 5.70. The first-order chi connectivity index (χ1) is 7.11. The summed E-state index contributed by atoms with van der Waals surface area (Å²) in [6.07, 6.45) is 5.50. The summed E-state index contributed by atoms with van der Waals surface area (Å²) in [4.78, 5) is 11.1. The highest BCUT2D eigenvalue weighted by molar-refractivity contribution is 5.67. The Balaban J connectivity index is 2.11. The Labute approximate surface area is 90.7 Å². The van der Waals surface area contributed by atoms with Gasteiger partial charge in [-0.2, -0.15) is 0 Å². The lowest BCUT2D eigenvalue weighted by Crippen LogP contribution is -2.58. The Bertz CT molecular complexity index is 311. The molecule has 0 amide bonds. The molecular weight excluding hydrogens is 190 g/mol. The van der Waals surface area contributed by atoms with E-state index in [1.54, 1.807) is 0 Å². The van der Waals surface area contributed by atoms with Crippen molar-refractivity contribution in [1.29, 1.82) is 0 Å². The van der Waals surface area contributed by atoms with Gasteiger partial charge in [0.2, 0.25) is 0 Å². The van der Waals surface area contributed by atoms with Crippen molar-refractivity contribution >= 4 is 5.97 Å². The van der Waals surface area contributed by atoms with E-state index in [-0.39, 0.29) is 11.6 Å². The summed E-state index contributed by atoms with van der Waals surface area (Å²) in [5, 5.41) is 0. The van der Waals surface area contributed by atoms with E-state index in [9.17, 15) is 4.79 Å². The zero-order valence-electron chi connectivity index (χ0n) is 9.45. The minimum atomic E-state index is -0.382. The summed E-state index contributed by atoms with van der Waals surface area (Å²) in [6.45, 7) is 4.08. The third-order valence-electron chi connectivity index (χ3n) is 3.81. The molecule has 84 valence electrons. The Morgan fingerprint density at radius 3 is 3.00 bits per heavy atom. The van der Waals surface area contributed by atoms with Crippen LogP contribution in [0.15, 0.2) is 11.6 Å². The quantitative estimate of drug-likeness (QED) is 0.567. The summed E-state index contributed by atoms with van der Waals surface area (Å²) < 4.78 is 5.42. The lowest BCUT2D eigenvalue weighted by atomic mass is 9.62. The van der Waals surface area contributed by atoms with E-state index in [1.807, 2.05) is 0 Å². The number of fused-ring (bicyclic) bond motifs is 1. The zero-order valence-corrected chi connectivity index (χ0v) is 9.45. The molecule has 0 spiro atoms. The van der Waals surface area contributed by atoms with Gasteiger partial charge < -0.3 is 10.5 Å². The van der Waals surface area contributed by atoms with E-state index in [0.29, 0.717) is 18.4 Å². The molecule has 0 aromatic heterocycles. The monoisotopic (exact) mass is 209 g/mol. The number of carbonyl (C=O) groups is 1. The predicted molar refractivity (Wildman–Crippen MR) is 58.1 cm³/mol. The van der Waals surface area contributed by atoms with Gasteiger partial charge in [-0.25, -0.2) is 0 Å². The molecule has 3 heteroatoms. The minimum absolute atomic E-state index is 0.211. The Morgan fingerprint density at radius 1 is 1.73 bits per heavy atom. The van der Waals surface area contributed by atoms with Crippen LogP contribution in [-0.2, 0) is 9.53 Å². The summed E-state index contributed by atoms with van der Waals surface area (Å²) in [5.74, 6) is 0.835. The molecule has 0 radical (unpaired) electrons. The molecule has 0 unspecified atom stereocenters. The Hall–Kier alpha value is -0.830. The van der Waals surface area contributed by atoms with E-state index in [0.717, 1.165) is 12.8 Å². The smallest absolute Gasteiger partial charge is 0.303 e. The fraction of sp³-hybridized carbons (Fsp3) is 0.750. The van der Waals surface area contributed by atoms with E-state index in [4.69, 9.17) is 10.5 Å². The normalized spacial score (nSPS) is 37.9. The van der Waals surface area contributed by atoms with Crippen LogP contribution in [0.1, 0.15) is 33.1 Å². The standard InChI is InChI=1S/C12H19NO2/c1-3-9-4-10-6-12(7-13,11(10)5-9)15-8(2)14/h5,10-11H,3-4,6-7,13H2,1-2H3/t10-,11-,12-/m1/s1. The van der Waals surface area contributed by atoms with Crippen LogP contribution in [-0.4, -0.2) is 18.1 Å². The molecule has 0 saturated heterocycles. The lowest BCUT2D eigenvalue weighted by molar-refractivity contribution is -0.181. The summed E-state index contributed by atoms with van der Waals surface area (Å²) in [6, 6.07) is 0. The van der Waals surface area contributed by atoms with Crippen LogP contribution in [0.2, 0.25) is 0 Å². The molecule has 0 bridgehead atoms. The second-order valence-corrected chi connectivity index (χ2v) is 4.74. The molecule has 0 aromatic carbocycles. The number of hydrogen-bond acceptors (Lipinski definition) is 3. The third-order valence-corrected chi connectivity index (χ3v) is 3.81. The van der Waals surface area contributed by atoms with Gasteiger partial charge in [-0.3, -0.25) is 4.79 Å². The van der Waals surface area contributed by atoms with Crippen molar-refractivity contribution in [3.8, 4) is 0 Å². The van der Waals surface area contributed by atoms with Gasteiger partial charge in [-0.05, 0) is 25.2 Å². The van der Waals surface area contributed by atoms with Crippen LogP contribution in [0.25, 0.3) is 0 Å². The van der Waals surface area contributed by atoms with Crippen molar-refractivity contribution in [2.75, 3.05) is 6.54 Å². The van der Waals surface area contributed by atoms with Crippen molar-refractivity contribution in [2.24, 2.45) is 17.6 Å². The first-order valence-electron chi connectivity index (χ1n) is 5.70. The number of nitrogens with two attached hydrogens (primary N) is 1. The summed E-state index contributed by atoms with van der Waals surface area (Å²) in [5.41, 5.74) is 6.86. The summed E-state index contributed by atoms with van der Waals surface area (Å²) in [7, 11) is 0. The maximum atomic E-state index is 11.1. The number of carbonyl (C=O) groups excluding carboxylic acids is 1. The maximum Gasteiger partial charge on any atom is 0.303 e. The number of esters is 1. The minimum Gasteiger partial charge on any atom is -0.457 e. The topological polar surface area (TPSA) is 52.3 Å². The van der Waals surface area contributed by atoms with Gasteiger partial charge in [0, 0.05) is 19.4 Å². The van der Waals surface area contributed by atoms with Crippen LogP contribution in [0.3, 0.4) is 0 Å². The molecule has 2 N–H and O–H groups in total. The van der Waals surface area contributed by atoms with Crippen LogP contribution < -0.4 is 5.73 Å². The van der Waals surface area contributed by atoms with Crippen LogP contribution >= 0.6 is 0 Å². The number of hydrogen-bond donors (Lipinski definition) is 1. The largest absolute Gasteiger partial charge is 0.457 e. The Morgan fingerprint density at radius 2 is 2.47 bits per heavy atom. The second kappa shape index (κ2) is 3.63. The molecule has 0 aliphatic heterocycles. The third kappa shape index (κ3) is 1.59. The second-order valence-electron chi connectivity index (χ2n) is 4.74. The van der Waals surface area contributed by atoms with Gasteiger partial charge in [0.05, 0.1) is 0 Å². The van der Waals surface area contributed by atoms with Crippen LogP contribution in [0, 0.1) is 11.8 Å². The van der Waals surface area contributed by atoms with Crippen LogP contribution in [0.4, 0.5) is 0 Å². The molecule has 3 atom stereocenters. The average Bonchev–Trinajstić information content (AvgIpc) is 2.53. The van der Waals surface area contributed by atoms with E-state index in [1.165, 1.54) is 18.9 Å². The molecule has 0 aromatic rings. The van der Waals surface area contributed by atoms with E-state index in [2.05, 4.69) is 13.0 Å². The van der Waals surface area contributed by atoms with Gasteiger partial charge in [-0.1, -0.05) is 18.6 Å². The fourth-order valence-corrected chi connectivity index (χ4v) is 3.04. The van der Waals surface area contributed by atoms with Gasteiger partial charge in [0.15, 0.2) is 0 Å². The van der Waals surface area contributed by atoms with Crippen molar-refractivity contribution in [3.63, 3.8) is 0 Å². The van der Waals surface area contributed by atoms with Crippen LogP contribution in [0.5, 0.6) is 0 Å². The van der Waals surface area contributed by atoms with E-state index < -0.39 is 0 Å². The molecule has 1 fully saturated rings. The maximum absolute atomic E-state index is 11.1. The fourth-order valence-electron chi connectivity index (χ4n) is 3.04. The number of allylic oxidation sites excluding steroid dienone is 1. The highest BCUT2D eigenvalue weighted by Crippen LogP contribution is 2.54. The molecule has 2 aliphatic rings. The first kappa shape index (κ1) is 10.7. The molecule has 1 saturated carbocycles. The van der Waals surface area contributed by atoms with Gasteiger partial charge in [0.1, 0.15) is 5.60 Å². The molecular formula is C12H19NO2. The highest BCUT2D eigenvalue weighted by Gasteiger charge is 2.56.